The van der Waals surface area contributed by atoms with Crippen molar-refractivity contribution in [2.24, 2.45) is 16.8 Å². The number of carbonyl (C=O) groups is 1. The van der Waals surface area contributed by atoms with Crippen LogP contribution in [0.3, 0.4) is 0 Å². The number of hydrogen-bond acceptors (Lipinski definition) is 4. The summed E-state index contributed by atoms with van der Waals surface area (Å²) in [5.74, 6) is 2.37. The molecule has 1 aliphatic carbocycles. The van der Waals surface area contributed by atoms with Gasteiger partial charge in [-0.1, -0.05) is 0 Å². The lowest BCUT2D eigenvalue weighted by Crippen LogP contribution is -2.52. The van der Waals surface area contributed by atoms with Gasteiger partial charge in [-0.25, -0.2) is 4.79 Å². The van der Waals surface area contributed by atoms with E-state index in [1.807, 2.05) is 25.7 Å². The monoisotopic (exact) mass is 549 g/mol. The highest BCUT2D eigenvalue weighted by Gasteiger charge is 2.35. The van der Waals surface area contributed by atoms with Gasteiger partial charge in [-0.3, -0.25) is 4.99 Å². The van der Waals surface area contributed by atoms with Crippen LogP contribution in [0.25, 0.3) is 0 Å². The highest BCUT2D eigenvalue weighted by Crippen LogP contribution is 2.32. The maximum atomic E-state index is 12.9. The number of likely N-dealkylation sites (tertiary alicyclic amines) is 2. The Morgan fingerprint density at radius 2 is 1.77 bits per heavy atom. The summed E-state index contributed by atoms with van der Waals surface area (Å²) in [7, 11) is 2.19. The molecule has 3 aliphatic rings. The van der Waals surface area contributed by atoms with Crippen molar-refractivity contribution < 1.29 is 9.53 Å². The molecule has 1 saturated carbocycles. The Labute approximate surface area is 206 Å². The van der Waals surface area contributed by atoms with Gasteiger partial charge in [0, 0.05) is 45.3 Å². The minimum Gasteiger partial charge on any atom is -0.444 e. The average Bonchev–Trinajstić information content (AvgIpc) is 3.41. The van der Waals surface area contributed by atoms with Gasteiger partial charge in [0.15, 0.2) is 5.96 Å². The number of nitrogens with zero attached hydrogens (tertiary/aromatic N) is 4. The van der Waals surface area contributed by atoms with Crippen LogP contribution >= 0.6 is 24.0 Å². The van der Waals surface area contributed by atoms with E-state index in [1.165, 1.54) is 25.8 Å². The molecule has 0 radical (unpaired) electrons. The summed E-state index contributed by atoms with van der Waals surface area (Å²) in [6, 6.07) is 0.267. The number of halogens is 1. The third kappa shape index (κ3) is 8.59. The highest BCUT2D eigenvalue weighted by molar-refractivity contribution is 14.0. The second-order valence-corrected chi connectivity index (χ2v) is 10.4. The number of guanidine groups is 1. The summed E-state index contributed by atoms with van der Waals surface area (Å²) in [4.78, 5) is 24.6. The molecule has 0 aromatic heterocycles. The molecule has 2 saturated heterocycles. The molecular weight excluding hydrogens is 505 g/mol. The molecule has 2 aliphatic heterocycles. The van der Waals surface area contributed by atoms with Crippen molar-refractivity contribution in [2.45, 2.75) is 71.4 Å². The fourth-order valence-electron chi connectivity index (χ4n) is 4.48. The Morgan fingerprint density at radius 1 is 1.10 bits per heavy atom. The maximum Gasteiger partial charge on any atom is 0.410 e. The molecule has 8 heteroatoms. The number of hydrogen-bond donors (Lipinski definition) is 1. The summed E-state index contributed by atoms with van der Waals surface area (Å²) in [5, 5.41) is 3.48. The number of amides is 1. The van der Waals surface area contributed by atoms with Crippen LogP contribution in [0.2, 0.25) is 0 Å². The fraction of sp³-hybridized carbons (Fsp3) is 0.913. The second-order valence-electron chi connectivity index (χ2n) is 10.4. The first kappa shape index (κ1) is 26.5. The molecule has 3 fully saturated rings. The van der Waals surface area contributed by atoms with Gasteiger partial charge in [-0.05, 0) is 85.2 Å². The van der Waals surface area contributed by atoms with E-state index in [0.29, 0.717) is 11.8 Å². The predicted octanol–water partition coefficient (Wildman–Crippen LogP) is 3.63. The summed E-state index contributed by atoms with van der Waals surface area (Å²) in [6.45, 7) is 14.8. The molecule has 1 N–H and O–H groups in total. The van der Waals surface area contributed by atoms with Gasteiger partial charge < -0.3 is 24.8 Å². The third-order valence-corrected chi connectivity index (χ3v) is 6.31. The Balaban J connectivity index is 0.00000341. The molecule has 0 aromatic rings. The van der Waals surface area contributed by atoms with E-state index < -0.39 is 5.60 Å². The van der Waals surface area contributed by atoms with Crippen LogP contribution in [0.5, 0.6) is 0 Å². The van der Waals surface area contributed by atoms with Gasteiger partial charge in [0.05, 0.1) is 0 Å². The standard InChI is InChI=1S/C23H43N5O2.HI/c1-6-24-21(25-15-19-9-12-26(5)16-19)27-13-10-20(11-14-27)28(17-18-7-8-18)22(29)30-23(2,3)4;/h18-20H,6-17H2,1-5H3,(H,24,25);1H. The molecule has 1 amide bonds. The van der Waals surface area contributed by atoms with E-state index >= 15 is 0 Å². The summed E-state index contributed by atoms with van der Waals surface area (Å²) < 4.78 is 5.73. The SMILES string of the molecule is CCNC(=NCC1CCN(C)C1)N1CCC(N(CC2CC2)C(=O)OC(C)(C)C)CC1.I. The van der Waals surface area contributed by atoms with Crippen LogP contribution in [0.1, 0.15) is 59.8 Å². The molecule has 0 bridgehead atoms. The lowest BCUT2D eigenvalue weighted by Gasteiger charge is -2.40. The van der Waals surface area contributed by atoms with Crippen molar-refractivity contribution in [1.82, 2.24) is 20.0 Å². The Bertz CT molecular complexity index is 597. The summed E-state index contributed by atoms with van der Waals surface area (Å²) in [5.41, 5.74) is -0.446. The first-order chi connectivity index (χ1) is 14.2. The van der Waals surface area contributed by atoms with Gasteiger partial charge >= 0.3 is 6.09 Å². The number of ether oxygens (including phenoxy) is 1. The highest BCUT2D eigenvalue weighted by atomic mass is 127. The van der Waals surface area contributed by atoms with E-state index in [1.54, 1.807) is 0 Å². The number of aliphatic imine (C=N–C) groups is 1. The van der Waals surface area contributed by atoms with Crippen LogP contribution in [-0.2, 0) is 4.74 Å². The second kappa shape index (κ2) is 11.9. The first-order valence-corrected chi connectivity index (χ1v) is 12.0. The van der Waals surface area contributed by atoms with Crippen LogP contribution < -0.4 is 5.32 Å². The van der Waals surface area contributed by atoms with Gasteiger partial charge in [0.1, 0.15) is 5.60 Å². The number of piperidine rings is 1. The summed E-state index contributed by atoms with van der Waals surface area (Å²) >= 11 is 0. The Morgan fingerprint density at radius 3 is 2.29 bits per heavy atom. The van der Waals surface area contributed by atoms with E-state index in [4.69, 9.17) is 9.73 Å². The normalized spacial score (nSPS) is 23.5. The van der Waals surface area contributed by atoms with Crippen LogP contribution in [0.15, 0.2) is 4.99 Å². The maximum absolute atomic E-state index is 12.9. The molecule has 31 heavy (non-hydrogen) atoms. The Kier molecular flexibility index (Phi) is 10.2. The molecule has 1 unspecified atom stereocenters. The first-order valence-electron chi connectivity index (χ1n) is 12.0. The van der Waals surface area contributed by atoms with Crippen LogP contribution in [0.4, 0.5) is 4.79 Å². The largest absolute Gasteiger partial charge is 0.444 e. The molecule has 0 spiro atoms. The Hall–Kier alpha value is -0.770. The lowest BCUT2D eigenvalue weighted by atomic mass is 10.0. The van der Waals surface area contributed by atoms with Crippen molar-refractivity contribution in [3.05, 3.63) is 0 Å². The van der Waals surface area contributed by atoms with Crippen molar-refractivity contribution in [2.75, 3.05) is 52.9 Å². The minimum atomic E-state index is -0.446. The van der Waals surface area contributed by atoms with Crippen LogP contribution in [-0.4, -0.2) is 91.3 Å². The predicted molar refractivity (Wildman–Crippen MR) is 137 cm³/mol. The van der Waals surface area contributed by atoms with Gasteiger partial charge in [-0.15, -0.1) is 24.0 Å². The van der Waals surface area contributed by atoms with Crippen molar-refractivity contribution in [3.8, 4) is 0 Å². The lowest BCUT2D eigenvalue weighted by molar-refractivity contribution is 0.00928. The average molecular weight is 550 g/mol. The quantitative estimate of drug-likeness (QED) is 0.312. The molecule has 7 nitrogen and oxygen atoms in total. The number of rotatable bonds is 6. The molecule has 180 valence electrons. The van der Waals surface area contributed by atoms with E-state index in [9.17, 15) is 4.79 Å². The van der Waals surface area contributed by atoms with Crippen LogP contribution in [0, 0.1) is 11.8 Å². The van der Waals surface area contributed by atoms with Gasteiger partial charge in [-0.2, -0.15) is 0 Å². The van der Waals surface area contributed by atoms with E-state index in [-0.39, 0.29) is 36.1 Å². The van der Waals surface area contributed by atoms with E-state index in [0.717, 1.165) is 58.1 Å². The number of carbonyl (C=O) groups excluding carboxylic acids is 1. The fourth-order valence-corrected chi connectivity index (χ4v) is 4.48. The molecule has 2 heterocycles. The minimum absolute atomic E-state index is 0. The zero-order valence-electron chi connectivity index (χ0n) is 20.2. The number of nitrogens with one attached hydrogen (secondary N) is 1. The third-order valence-electron chi connectivity index (χ3n) is 6.31. The zero-order chi connectivity index (χ0) is 21.7. The topological polar surface area (TPSA) is 60.4 Å². The molecule has 3 rings (SSSR count). The van der Waals surface area contributed by atoms with Gasteiger partial charge in [0.2, 0.25) is 0 Å². The molecular formula is C23H44IN5O2. The zero-order valence-corrected chi connectivity index (χ0v) is 22.6. The molecule has 1 atom stereocenters. The summed E-state index contributed by atoms with van der Waals surface area (Å²) in [6.07, 6.45) is 5.54. The van der Waals surface area contributed by atoms with Crippen molar-refractivity contribution >= 4 is 36.0 Å². The van der Waals surface area contributed by atoms with Crippen molar-refractivity contribution in [1.29, 1.82) is 0 Å². The van der Waals surface area contributed by atoms with Gasteiger partial charge in [0.25, 0.3) is 0 Å². The molecule has 0 aromatic carbocycles. The van der Waals surface area contributed by atoms with E-state index in [2.05, 4.69) is 29.1 Å². The van der Waals surface area contributed by atoms with Crippen molar-refractivity contribution in [3.63, 3.8) is 0 Å². The smallest absolute Gasteiger partial charge is 0.410 e.